The maximum absolute atomic E-state index is 12.8. The molecule has 2 aliphatic rings. The molecule has 36 heavy (non-hydrogen) atoms. The fraction of sp³-hybridized carbons (Fsp3) is 0.621. The number of hydrogen-bond acceptors (Lipinski definition) is 6. The standard InChI is InChI=1S/C29H40O7/c1-16-10-11-23-28(6,22(16)15-21-25(31)18(3)19(4)35-27(21)34)14-12-24(36-20(5)30)29(23,7)13-8-9-17(2)26(32)33/h9,22-24,31H,1,8,10-15H2,2-7H3,(H,32,33)/b17-9+/t22-,23-,24+,28-,29+/m1/s1. The van der Waals surface area contributed by atoms with Crippen molar-refractivity contribution in [2.75, 3.05) is 0 Å². The largest absolute Gasteiger partial charge is 0.507 e. The Hall–Kier alpha value is -2.83. The molecule has 5 atom stereocenters. The second-order valence-electron chi connectivity index (χ2n) is 11.3. The second kappa shape index (κ2) is 10.3. The number of rotatable bonds is 7. The van der Waals surface area contributed by atoms with Crippen LogP contribution in [0.25, 0.3) is 0 Å². The van der Waals surface area contributed by atoms with Gasteiger partial charge in [0.25, 0.3) is 0 Å². The minimum Gasteiger partial charge on any atom is -0.507 e. The number of ether oxygens (including phenoxy) is 1. The lowest BCUT2D eigenvalue weighted by atomic mass is 9.45. The van der Waals surface area contributed by atoms with E-state index in [0.717, 1.165) is 24.8 Å². The predicted octanol–water partition coefficient (Wildman–Crippen LogP) is 5.64. The molecule has 0 aliphatic heterocycles. The van der Waals surface area contributed by atoms with Crippen LogP contribution >= 0.6 is 0 Å². The summed E-state index contributed by atoms with van der Waals surface area (Å²) >= 11 is 0. The summed E-state index contributed by atoms with van der Waals surface area (Å²) in [6.45, 7) is 15.2. The van der Waals surface area contributed by atoms with Gasteiger partial charge in [0.2, 0.25) is 0 Å². The van der Waals surface area contributed by atoms with Gasteiger partial charge in [-0.1, -0.05) is 32.1 Å². The van der Waals surface area contributed by atoms with Gasteiger partial charge in [0.15, 0.2) is 0 Å². The number of carboxylic acids is 1. The van der Waals surface area contributed by atoms with Gasteiger partial charge in [0.1, 0.15) is 17.6 Å². The lowest BCUT2D eigenvalue weighted by Gasteiger charge is -2.61. The number of allylic oxidation sites excluding steroid dienone is 2. The molecule has 0 aromatic carbocycles. The van der Waals surface area contributed by atoms with Gasteiger partial charge in [0.05, 0.1) is 5.56 Å². The lowest BCUT2D eigenvalue weighted by molar-refractivity contribution is -0.178. The predicted molar refractivity (Wildman–Crippen MR) is 137 cm³/mol. The number of aromatic hydroxyl groups is 1. The highest BCUT2D eigenvalue weighted by molar-refractivity contribution is 5.85. The van der Waals surface area contributed by atoms with Crippen molar-refractivity contribution in [2.45, 2.75) is 92.6 Å². The van der Waals surface area contributed by atoms with Crippen molar-refractivity contribution in [2.24, 2.45) is 22.7 Å². The zero-order valence-electron chi connectivity index (χ0n) is 22.4. The van der Waals surface area contributed by atoms with Crippen LogP contribution in [-0.4, -0.2) is 28.3 Å². The third kappa shape index (κ3) is 5.02. The third-order valence-electron chi connectivity index (χ3n) is 9.16. The van der Waals surface area contributed by atoms with Crippen molar-refractivity contribution in [1.82, 2.24) is 0 Å². The van der Waals surface area contributed by atoms with Gasteiger partial charge in [-0.25, -0.2) is 9.59 Å². The quantitative estimate of drug-likeness (QED) is 0.283. The van der Waals surface area contributed by atoms with Crippen molar-refractivity contribution >= 4 is 11.9 Å². The van der Waals surface area contributed by atoms with Crippen LogP contribution < -0.4 is 5.63 Å². The zero-order valence-corrected chi connectivity index (χ0v) is 22.4. The van der Waals surface area contributed by atoms with E-state index in [1.807, 2.05) is 0 Å². The van der Waals surface area contributed by atoms with Crippen LogP contribution in [0.4, 0.5) is 0 Å². The highest BCUT2D eigenvalue weighted by Gasteiger charge is 2.58. The Balaban J connectivity index is 2.02. The normalized spacial score (nSPS) is 30.6. The molecule has 2 aliphatic carbocycles. The highest BCUT2D eigenvalue weighted by atomic mass is 16.5. The topological polar surface area (TPSA) is 114 Å². The monoisotopic (exact) mass is 500 g/mol. The third-order valence-corrected chi connectivity index (χ3v) is 9.16. The molecular formula is C29H40O7. The van der Waals surface area contributed by atoms with E-state index in [0.29, 0.717) is 42.6 Å². The van der Waals surface area contributed by atoms with E-state index < -0.39 is 11.6 Å². The fourth-order valence-corrected chi connectivity index (χ4v) is 6.92. The number of esters is 1. The van der Waals surface area contributed by atoms with Crippen molar-refractivity contribution in [3.05, 3.63) is 51.1 Å². The molecule has 0 saturated heterocycles. The van der Waals surface area contributed by atoms with Crippen molar-refractivity contribution in [3.8, 4) is 5.75 Å². The minimum absolute atomic E-state index is 0.00656. The Morgan fingerprint density at radius 3 is 2.50 bits per heavy atom. The molecule has 7 heteroatoms. The first kappa shape index (κ1) is 27.8. The number of aryl methyl sites for hydroxylation is 1. The van der Waals surface area contributed by atoms with Crippen LogP contribution in [0.5, 0.6) is 5.75 Å². The fourth-order valence-electron chi connectivity index (χ4n) is 6.92. The molecule has 7 nitrogen and oxygen atoms in total. The maximum Gasteiger partial charge on any atom is 0.342 e. The number of aliphatic carboxylic acids is 1. The van der Waals surface area contributed by atoms with Gasteiger partial charge in [-0.2, -0.15) is 0 Å². The lowest BCUT2D eigenvalue weighted by Crippen LogP contribution is -2.57. The van der Waals surface area contributed by atoms with Gasteiger partial charge in [-0.05, 0) is 83.0 Å². The molecule has 1 aromatic heterocycles. The summed E-state index contributed by atoms with van der Waals surface area (Å²) in [5, 5.41) is 20.1. The molecule has 0 unspecified atom stereocenters. The van der Waals surface area contributed by atoms with Gasteiger partial charge in [-0.15, -0.1) is 0 Å². The zero-order chi connectivity index (χ0) is 27.0. The smallest absolute Gasteiger partial charge is 0.342 e. The molecule has 3 rings (SSSR count). The van der Waals surface area contributed by atoms with Gasteiger partial charge in [-0.3, -0.25) is 4.79 Å². The summed E-state index contributed by atoms with van der Waals surface area (Å²) in [4.78, 5) is 36.1. The minimum atomic E-state index is -0.939. The maximum atomic E-state index is 12.8. The van der Waals surface area contributed by atoms with E-state index in [9.17, 15) is 24.6 Å². The Morgan fingerprint density at radius 1 is 1.22 bits per heavy atom. The van der Waals surface area contributed by atoms with E-state index in [2.05, 4.69) is 20.4 Å². The first-order valence-electron chi connectivity index (χ1n) is 12.8. The second-order valence-corrected chi connectivity index (χ2v) is 11.3. The average Bonchev–Trinajstić information content (AvgIpc) is 2.78. The van der Waals surface area contributed by atoms with E-state index in [1.54, 1.807) is 26.8 Å². The summed E-state index contributed by atoms with van der Waals surface area (Å²) in [5.41, 5.74) is 1.06. The Kier molecular flexibility index (Phi) is 7.92. The van der Waals surface area contributed by atoms with Crippen LogP contribution in [0.1, 0.15) is 83.1 Å². The molecule has 1 heterocycles. The number of fused-ring (bicyclic) bond motifs is 1. The highest BCUT2D eigenvalue weighted by Crippen LogP contribution is 2.63. The molecule has 0 spiro atoms. The van der Waals surface area contributed by atoms with Gasteiger partial charge < -0.3 is 19.4 Å². The van der Waals surface area contributed by atoms with E-state index in [-0.39, 0.29) is 46.1 Å². The van der Waals surface area contributed by atoms with Crippen molar-refractivity contribution in [1.29, 1.82) is 0 Å². The SMILES string of the molecule is C=C1CC[C@H]2[C@](C)(CC/C=C(\C)C(=O)O)[C@@H](OC(C)=O)CC[C@]2(C)[C@@H]1Cc1c(O)c(C)c(C)oc1=O. The summed E-state index contributed by atoms with van der Waals surface area (Å²) < 4.78 is 11.3. The Morgan fingerprint density at radius 2 is 1.89 bits per heavy atom. The van der Waals surface area contributed by atoms with E-state index in [4.69, 9.17) is 9.15 Å². The molecular weight excluding hydrogens is 460 g/mol. The molecule has 0 radical (unpaired) electrons. The number of hydrogen-bond donors (Lipinski definition) is 2. The van der Waals surface area contributed by atoms with Crippen LogP contribution in [0.3, 0.4) is 0 Å². The number of carbonyl (C=O) groups is 2. The van der Waals surface area contributed by atoms with Gasteiger partial charge >= 0.3 is 17.6 Å². The molecule has 2 N–H and O–H groups in total. The Labute approximate surface area is 213 Å². The van der Waals surface area contributed by atoms with E-state index in [1.165, 1.54) is 6.92 Å². The van der Waals surface area contributed by atoms with Gasteiger partial charge in [0, 0.05) is 23.5 Å². The summed E-state index contributed by atoms with van der Waals surface area (Å²) in [6, 6.07) is 0. The number of carbonyl (C=O) groups excluding carboxylic acids is 1. The molecule has 1 aromatic rings. The van der Waals surface area contributed by atoms with Crippen molar-refractivity contribution < 1.29 is 29.0 Å². The summed E-state index contributed by atoms with van der Waals surface area (Å²) in [7, 11) is 0. The van der Waals surface area contributed by atoms with Crippen LogP contribution in [0.2, 0.25) is 0 Å². The molecule has 2 fully saturated rings. The van der Waals surface area contributed by atoms with E-state index >= 15 is 0 Å². The van der Waals surface area contributed by atoms with Crippen molar-refractivity contribution in [3.63, 3.8) is 0 Å². The molecule has 0 bridgehead atoms. The first-order chi connectivity index (χ1) is 16.7. The van der Waals surface area contributed by atoms with Crippen LogP contribution in [0.15, 0.2) is 33.0 Å². The molecule has 2 saturated carbocycles. The molecule has 0 amide bonds. The van der Waals surface area contributed by atoms with Crippen LogP contribution in [0, 0.1) is 36.5 Å². The van der Waals surface area contributed by atoms with Crippen LogP contribution in [-0.2, 0) is 20.7 Å². The summed E-state index contributed by atoms with van der Waals surface area (Å²) in [5.74, 6) is -0.758. The summed E-state index contributed by atoms with van der Waals surface area (Å²) in [6.07, 6.45) is 6.13. The molecule has 198 valence electrons. The Bertz CT molecular complexity index is 1140. The first-order valence-corrected chi connectivity index (χ1v) is 12.8. The number of carboxylic acid groups (broad SMARTS) is 1. The average molecular weight is 501 g/mol.